The average Bonchev–Trinajstić information content (AvgIpc) is 1.79. The Bertz CT molecular complexity index is 139. The smallest absolute Gasteiger partial charge is 0.362 e. The first-order chi connectivity index (χ1) is 4.89. The summed E-state index contributed by atoms with van der Waals surface area (Å²) in [6.07, 6.45) is 0.304. The summed E-state index contributed by atoms with van der Waals surface area (Å²) in [5.74, 6) is -0.855. The maximum absolute atomic E-state index is 10.6. The van der Waals surface area contributed by atoms with Gasteiger partial charge in [-0.2, -0.15) is 0 Å². The molecule has 0 aromatic heterocycles. The monoisotopic (exact) mass is 162 g/mol. The summed E-state index contributed by atoms with van der Waals surface area (Å²) < 4.78 is 0.343. The summed E-state index contributed by atoms with van der Waals surface area (Å²) in [5, 5.41) is 17.3. The van der Waals surface area contributed by atoms with E-state index < -0.39 is 12.0 Å². The number of aliphatic hydroxyl groups is 1. The molecule has 0 aliphatic carbocycles. The largest absolute Gasteiger partial charge is 0.477 e. The number of likely N-dealkylation sites (N-methyl/N-ethyl adjacent to an activating group) is 1. The number of aliphatic carboxylic acids is 1. The third-order valence-corrected chi connectivity index (χ3v) is 1.62. The zero-order chi connectivity index (χ0) is 9.07. The Kier molecular flexibility index (Phi) is 3.48. The molecule has 4 heteroatoms. The van der Waals surface area contributed by atoms with Crippen molar-refractivity contribution < 1.29 is 19.5 Å². The first-order valence-corrected chi connectivity index (χ1v) is 3.54. The highest BCUT2D eigenvalue weighted by atomic mass is 16.4. The number of aliphatic hydroxyl groups excluding tert-OH is 1. The predicted octanol–water partition coefficient (Wildman–Crippen LogP) is -0.472. The van der Waals surface area contributed by atoms with Crippen molar-refractivity contribution in [2.75, 3.05) is 27.7 Å². The highest BCUT2D eigenvalue weighted by Gasteiger charge is 2.30. The van der Waals surface area contributed by atoms with Crippen LogP contribution in [0.3, 0.4) is 0 Å². The van der Waals surface area contributed by atoms with E-state index in [1.54, 1.807) is 21.1 Å². The number of carboxylic acids is 1. The molecule has 0 bridgehead atoms. The molecule has 0 aromatic carbocycles. The maximum Gasteiger partial charge on any atom is 0.362 e. The zero-order valence-corrected chi connectivity index (χ0v) is 7.24. The maximum atomic E-state index is 10.6. The van der Waals surface area contributed by atoms with Crippen LogP contribution in [0.15, 0.2) is 0 Å². The van der Waals surface area contributed by atoms with Gasteiger partial charge >= 0.3 is 5.97 Å². The molecule has 0 saturated carbocycles. The summed E-state index contributed by atoms with van der Waals surface area (Å²) in [5.41, 5.74) is 0. The van der Waals surface area contributed by atoms with Crippen LogP contribution in [-0.4, -0.2) is 54.5 Å². The van der Waals surface area contributed by atoms with Crippen LogP contribution in [0.25, 0.3) is 0 Å². The molecule has 0 heterocycles. The van der Waals surface area contributed by atoms with E-state index in [1.165, 1.54) is 0 Å². The molecule has 4 nitrogen and oxygen atoms in total. The molecule has 0 spiro atoms. The molecular formula is C7H16NO3+. The van der Waals surface area contributed by atoms with Crippen molar-refractivity contribution in [1.82, 2.24) is 0 Å². The molecule has 0 aliphatic rings. The molecule has 0 amide bonds. The molecule has 0 aromatic rings. The van der Waals surface area contributed by atoms with E-state index in [1.807, 2.05) is 0 Å². The Morgan fingerprint density at radius 1 is 1.45 bits per heavy atom. The zero-order valence-electron chi connectivity index (χ0n) is 7.24. The number of rotatable bonds is 4. The van der Waals surface area contributed by atoms with Gasteiger partial charge in [-0.15, -0.1) is 0 Å². The van der Waals surface area contributed by atoms with Gasteiger partial charge in [0.25, 0.3) is 0 Å². The van der Waals surface area contributed by atoms with Crippen molar-refractivity contribution in [2.45, 2.75) is 12.5 Å². The normalized spacial score (nSPS) is 14.5. The van der Waals surface area contributed by atoms with Gasteiger partial charge < -0.3 is 14.7 Å². The van der Waals surface area contributed by atoms with Gasteiger partial charge in [0.05, 0.1) is 21.1 Å². The number of hydrogen-bond acceptors (Lipinski definition) is 2. The van der Waals surface area contributed by atoms with Crippen LogP contribution in [0.1, 0.15) is 6.42 Å². The minimum atomic E-state index is -0.855. The SMILES string of the molecule is C[N+](C)(C)C(CCO)C(=O)O. The molecular weight excluding hydrogens is 146 g/mol. The number of hydrogen-bond donors (Lipinski definition) is 2. The Labute approximate surface area is 66.6 Å². The van der Waals surface area contributed by atoms with Gasteiger partial charge in [0.2, 0.25) is 0 Å². The van der Waals surface area contributed by atoms with Crippen LogP contribution in [0.4, 0.5) is 0 Å². The van der Waals surface area contributed by atoms with Crippen LogP contribution in [0.5, 0.6) is 0 Å². The fraction of sp³-hybridized carbons (Fsp3) is 0.857. The Balaban J connectivity index is 4.22. The molecule has 1 unspecified atom stereocenters. The molecule has 66 valence electrons. The van der Waals surface area contributed by atoms with Crippen LogP contribution < -0.4 is 0 Å². The summed E-state index contributed by atoms with van der Waals surface area (Å²) in [4.78, 5) is 10.6. The third kappa shape index (κ3) is 3.34. The Morgan fingerprint density at radius 3 is 2.00 bits per heavy atom. The Hall–Kier alpha value is -0.610. The fourth-order valence-corrected chi connectivity index (χ4v) is 0.964. The molecule has 2 N–H and O–H groups in total. The highest BCUT2D eigenvalue weighted by molar-refractivity contribution is 5.72. The van der Waals surface area contributed by atoms with E-state index in [2.05, 4.69) is 0 Å². The molecule has 0 rings (SSSR count). The molecule has 11 heavy (non-hydrogen) atoms. The van der Waals surface area contributed by atoms with E-state index in [9.17, 15) is 4.79 Å². The predicted molar refractivity (Wildman–Crippen MR) is 41.2 cm³/mol. The minimum absolute atomic E-state index is 0.0769. The van der Waals surface area contributed by atoms with E-state index in [4.69, 9.17) is 10.2 Å². The summed E-state index contributed by atoms with van der Waals surface area (Å²) in [7, 11) is 5.40. The molecule has 1 atom stereocenters. The van der Waals surface area contributed by atoms with Crippen LogP contribution in [0.2, 0.25) is 0 Å². The third-order valence-electron chi connectivity index (χ3n) is 1.62. The lowest BCUT2D eigenvalue weighted by Crippen LogP contribution is -2.50. The van der Waals surface area contributed by atoms with Crippen LogP contribution in [0, 0.1) is 0 Å². The quantitative estimate of drug-likeness (QED) is 0.549. The van der Waals surface area contributed by atoms with E-state index in [0.717, 1.165) is 0 Å². The van der Waals surface area contributed by atoms with Gasteiger partial charge in [0.1, 0.15) is 0 Å². The van der Waals surface area contributed by atoms with Crippen molar-refractivity contribution in [3.63, 3.8) is 0 Å². The topological polar surface area (TPSA) is 57.5 Å². The fourth-order valence-electron chi connectivity index (χ4n) is 0.964. The van der Waals surface area contributed by atoms with Gasteiger partial charge in [-0.05, 0) is 0 Å². The van der Waals surface area contributed by atoms with Crippen molar-refractivity contribution in [3.05, 3.63) is 0 Å². The van der Waals surface area contributed by atoms with Crippen molar-refractivity contribution in [1.29, 1.82) is 0 Å². The van der Waals surface area contributed by atoms with Crippen LogP contribution >= 0.6 is 0 Å². The second-order valence-electron chi connectivity index (χ2n) is 3.48. The first kappa shape index (κ1) is 10.4. The van der Waals surface area contributed by atoms with E-state index >= 15 is 0 Å². The van der Waals surface area contributed by atoms with Crippen molar-refractivity contribution in [2.24, 2.45) is 0 Å². The van der Waals surface area contributed by atoms with E-state index in [-0.39, 0.29) is 6.61 Å². The lowest BCUT2D eigenvalue weighted by Gasteiger charge is -2.30. The molecule has 0 aliphatic heterocycles. The molecule has 0 fully saturated rings. The lowest BCUT2D eigenvalue weighted by atomic mass is 10.2. The molecule has 0 saturated heterocycles. The van der Waals surface area contributed by atoms with Crippen LogP contribution in [-0.2, 0) is 4.79 Å². The van der Waals surface area contributed by atoms with Gasteiger partial charge in [0, 0.05) is 13.0 Å². The van der Waals surface area contributed by atoms with E-state index in [0.29, 0.717) is 10.9 Å². The lowest BCUT2D eigenvalue weighted by molar-refractivity contribution is -0.887. The summed E-state index contributed by atoms with van der Waals surface area (Å²) in [6.45, 7) is -0.0769. The number of carbonyl (C=O) groups is 1. The van der Waals surface area contributed by atoms with Crippen molar-refractivity contribution >= 4 is 5.97 Å². The second kappa shape index (κ2) is 3.69. The van der Waals surface area contributed by atoms with Gasteiger partial charge in [-0.25, -0.2) is 4.79 Å². The van der Waals surface area contributed by atoms with Gasteiger partial charge in [0.15, 0.2) is 6.04 Å². The van der Waals surface area contributed by atoms with Gasteiger partial charge in [-0.3, -0.25) is 0 Å². The van der Waals surface area contributed by atoms with Gasteiger partial charge in [-0.1, -0.05) is 0 Å². The minimum Gasteiger partial charge on any atom is -0.477 e. The average molecular weight is 162 g/mol. The Morgan fingerprint density at radius 2 is 1.91 bits per heavy atom. The number of carboxylic acid groups (broad SMARTS) is 1. The number of quaternary nitrogens is 1. The molecule has 0 radical (unpaired) electrons. The van der Waals surface area contributed by atoms with Crippen molar-refractivity contribution in [3.8, 4) is 0 Å². The number of nitrogens with zero attached hydrogens (tertiary/aromatic N) is 1. The summed E-state index contributed by atoms with van der Waals surface area (Å²) >= 11 is 0. The second-order valence-corrected chi connectivity index (χ2v) is 3.48. The highest BCUT2D eigenvalue weighted by Crippen LogP contribution is 2.06. The summed E-state index contributed by atoms with van der Waals surface area (Å²) in [6, 6.07) is -0.514. The standard InChI is InChI=1S/C7H15NO3/c1-8(2,3)6(4-5-9)7(10)11/h6,9H,4-5H2,1-3H3/p+1. The first-order valence-electron chi connectivity index (χ1n) is 3.54.